The molecule has 0 aliphatic rings. The average molecular weight is 230 g/mol. The molecule has 16 heavy (non-hydrogen) atoms. The van der Waals surface area contributed by atoms with Crippen molar-refractivity contribution in [2.24, 2.45) is 0 Å². The number of rotatable bonds is 4. The van der Waals surface area contributed by atoms with Gasteiger partial charge in [-0.3, -0.25) is 0 Å². The molecule has 0 fully saturated rings. The van der Waals surface area contributed by atoms with Gasteiger partial charge in [0.15, 0.2) is 11.6 Å². The zero-order chi connectivity index (χ0) is 12.3. The second-order valence-electron chi connectivity index (χ2n) is 3.89. The second kappa shape index (κ2) is 5.12. The van der Waals surface area contributed by atoms with Crippen LogP contribution in [0.2, 0.25) is 0 Å². The van der Waals surface area contributed by atoms with E-state index in [1.54, 1.807) is 14.0 Å². The number of hydrogen-bond acceptors (Lipinski definition) is 3. The van der Waals surface area contributed by atoms with Crippen molar-refractivity contribution in [3.05, 3.63) is 23.8 Å². The Bertz CT molecular complexity index is 346. The Hall–Kier alpha value is -1.36. The topological polar surface area (TPSA) is 49.5 Å². The van der Waals surface area contributed by atoms with Gasteiger partial charge >= 0.3 is 0 Å². The molecule has 0 spiro atoms. The first kappa shape index (κ1) is 12.7. The summed E-state index contributed by atoms with van der Waals surface area (Å²) < 4.78 is 26.9. The fourth-order valence-electron chi connectivity index (χ4n) is 1.44. The van der Waals surface area contributed by atoms with Crippen LogP contribution >= 0.6 is 0 Å². The Kier molecular flexibility index (Phi) is 4.06. The van der Waals surface area contributed by atoms with Crippen LogP contribution in [0.4, 0.5) is 20.2 Å². The molecule has 0 amide bonds. The minimum absolute atomic E-state index is 0.0580. The molecule has 0 aliphatic heterocycles. The van der Waals surface area contributed by atoms with Gasteiger partial charge in [0.05, 0.1) is 6.10 Å². The predicted octanol–water partition coefficient (Wildman–Crippen LogP) is 1.75. The Balaban J connectivity index is 2.86. The second-order valence-corrected chi connectivity index (χ2v) is 3.89. The molecule has 1 unspecified atom stereocenters. The fraction of sp³-hybridized carbons (Fsp3) is 0.455. The Morgan fingerprint density at radius 2 is 1.88 bits per heavy atom. The van der Waals surface area contributed by atoms with Gasteiger partial charge in [0, 0.05) is 19.3 Å². The summed E-state index contributed by atoms with van der Waals surface area (Å²) in [4.78, 5) is 1.43. The SMILES string of the molecule is CC(O)CCN(C)c1c(F)cc(N)cc1F. The number of benzene rings is 1. The van der Waals surface area contributed by atoms with Gasteiger partial charge in [-0.1, -0.05) is 0 Å². The third-order valence-corrected chi connectivity index (χ3v) is 2.30. The van der Waals surface area contributed by atoms with Gasteiger partial charge in [-0.05, 0) is 25.5 Å². The van der Waals surface area contributed by atoms with Gasteiger partial charge in [-0.25, -0.2) is 8.78 Å². The quantitative estimate of drug-likeness (QED) is 0.775. The van der Waals surface area contributed by atoms with Gasteiger partial charge < -0.3 is 15.7 Å². The minimum atomic E-state index is -0.689. The van der Waals surface area contributed by atoms with Crippen molar-refractivity contribution >= 4 is 11.4 Å². The van der Waals surface area contributed by atoms with Crippen molar-refractivity contribution in [1.82, 2.24) is 0 Å². The normalized spacial score (nSPS) is 12.6. The van der Waals surface area contributed by atoms with E-state index < -0.39 is 17.7 Å². The number of nitrogens with zero attached hydrogens (tertiary/aromatic N) is 1. The van der Waals surface area contributed by atoms with E-state index in [1.807, 2.05) is 0 Å². The molecule has 1 atom stereocenters. The van der Waals surface area contributed by atoms with Crippen molar-refractivity contribution in [2.45, 2.75) is 19.4 Å². The molecule has 3 nitrogen and oxygen atoms in total. The Labute approximate surface area is 93.5 Å². The molecule has 0 aromatic heterocycles. The zero-order valence-electron chi connectivity index (χ0n) is 9.37. The monoisotopic (exact) mass is 230 g/mol. The van der Waals surface area contributed by atoms with E-state index in [2.05, 4.69) is 0 Å². The highest BCUT2D eigenvalue weighted by Crippen LogP contribution is 2.25. The first-order valence-electron chi connectivity index (χ1n) is 5.05. The van der Waals surface area contributed by atoms with Crippen LogP contribution in [-0.4, -0.2) is 24.8 Å². The van der Waals surface area contributed by atoms with E-state index in [4.69, 9.17) is 10.8 Å². The van der Waals surface area contributed by atoms with Crippen LogP contribution in [0, 0.1) is 11.6 Å². The summed E-state index contributed by atoms with van der Waals surface area (Å²) in [5, 5.41) is 9.10. The van der Waals surface area contributed by atoms with E-state index in [0.29, 0.717) is 13.0 Å². The standard InChI is InChI=1S/C11H16F2N2O/c1-7(16)3-4-15(2)11-9(12)5-8(14)6-10(11)13/h5-7,16H,3-4,14H2,1-2H3. The number of halogens is 2. The summed E-state index contributed by atoms with van der Waals surface area (Å²) >= 11 is 0. The molecule has 1 rings (SSSR count). The highest BCUT2D eigenvalue weighted by molar-refractivity contribution is 5.55. The molecule has 5 heteroatoms. The smallest absolute Gasteiger partial charge is 0.151 e. The lowest BCUT2D eigenvalue weighted by atomic mass is 10.2. The fourth-order valence-corrected chi connectivity index (χ4v) is 1.44. The van der Waals surface area contributed by atoms with Crippen molar-refractivity contribution in [3.8, 4) is 0 Å². The highest BCUT2D eigenvalue weighted by Gasteiger charge is 2.14. The summed E-state index contributed by atoms with van der Waals surface area (Å²) in [6.45, 7) is 2.00. The first-order chi connectivity index (χ1) is 7.41. The number of aliphatic hydroxyl groups is 1. The Morgan fingerprint density at radius 3 is 2.31 bits per heavy atom. The maximum Gasteiger partial charge on any atom is 0.151 e. The molecule has 3 N–H and O–H groups in total. The van der Waals surface area contributed by atoms with E-state index >= 15 is 0 Å². The molecular formula is C11H16F2N2O. The molecule has 0 heterocycles. The van der Waals surface area contributed by atoms with Crippen LogP contribution in [0.5, 0.6) is 0 Å². The zero-order valence-corrected chi connectivity index (χ0v) is 9.37. The van der Waals surface area contributed by atoms with Crippen molar-refractivity contribution in [2.75, 3.05) is 24.2 Å². The predicted molar refractivity (Wildman–Crippen MR) is 60.3 cm³/mol. The molecule has 0 aliphatic carbocycles. The Morgan fingerprint density at radius 1 is 1.38 bits per heavy atom. The molecule has 0 radical (unpaired) electrons. The largest absolute Gasteiger partial charge is 0.399 e. The molecular weight excluding hydrogens is 214 g/mol. The highest BCUT2D eigenvalue weighted by atomic mass is 19.1. The van der Waals surface area contributed by atoms with Crippen LogP contribution in [0.1, 0.15) is 13.3 Å². The van der Waals surface area contributed by atoms with Gasteiger partial charge in [-0.15, -0.1) is 0 Å². The number of aliphatic hydroxyl groups excluding tert-OH is 1. The van der Waals surface area contributed by atoms with Crippen LogP contribution < -0.4 is 10.6 Å². The van der Waals surface area contributed by atoms with Crippen molar-refractivity contribution in [1.29, 1.82) is 0 Å². The van der Waals surface area contributed by atoms with Gasteiger partial charge in [0.2, 0.25) is 0 Å². The summed E-state index contributed by atoms with van der Waals surface area (Å²) in [7, 11) is 1.57. The van der Waals surface area contributed by atoms with Gasteiger partial charge in [0.25, 0.3) is 0 Å². The van der Waals surface area contributed by atoms with E-state index in [1.165, 1.54) is 4.90 Å². The molecule has 0 saturated heterocycles. The molecule has 1 aromatic carbocycles. The minimum Gasteiger partial charge on any atom is -0.399 e. The van der Waals surface area contributed by atoms with Crippen LogP contribution in [0.15, 0.2) is 12.1 Å². The van der Waals surface area contributed by atoms with E-state index in [-0.39, 0.29) is 11.4 Å². The van der Waals surface area contributed by atoms with E-state index in [0.717, 1.165) is 12.1 Å². The van der Waals surface area contributed by atoms with Gasteiger partial charge in [0.1, 0.15) is 5.69 Å². The molecule has 0 saturated carbocycles. The number of anilines is 2. The number of hydrogen-bond donors (Lipinski definition) is 2. The first-order valence-corrected chi connectivity index (χ1v) is 5.05. The number of nitrogen functional groups attached to an aromatic ring is 1. The summed E-state index contributed by atoms with van der Waals surface area (Å²) in [6, 6.07) is 2.16. The lowest BCUT2D eigenvalue weighted by molar-refractivity contribution is 0.186. The van der Waals surface area contributed by atoms with Crippen molar-refractivity contribution in [3.63, 3.8) is 0 Å². The van der Waals surface area contributed by atoms with E-state index in [9.17, 15) is 8.78 Å². The van der Waals surface area contributed by atoms with Crippen LogP contribution in [0.3, 0.4) is 0 Å². The summed E-state index contributed by atoms with van der Waals surface area (Å²) in [5.41, 5.74) is 5.25. The molecule has 90 valence electrons. The molecule has 0 bridgehead atoms. The van der Waals surface area contributed by atoms with Crippen molar-refractivity contribution < 1.29 is 13.9 Å². The third-order valence-electron chi connectivity index (χ3n) is 2.30. The number of nitrogens with two attached hydrogens (primary N) is 1. The summed E-state index contributed by atoms with van der Waals surface area (Å²) in [6.07, 6.45) is -0.0536. The third kappa shape index (κ3) is 3.06. The van der Waals surface area contributed by atoms with Crippen LogP contribution in [0.25, 0.3) is 0 Å². The lowest BCUT2D eigenvalue weighted by Crippen LogP contribution is -2.24. The lowest BCUT2D eigenvalue weighted by Gasteiger charge is -2.21. The summed E-state index contributed by atoms with van der Waals surface area (Å²) in [5.74, 6) is -1.38. The van der Waals surface area contributed by atoms with Crippen LogP contribution in [-0.2, 0) is 0 Å². The maximum atomic E-state index is 13.5. The average Bonchev–Trinajstić information content (AvgIpc) is 2.12. The maximum absolute atomic E-state index is 13.5. The molecule has 1 aromatic rings. The van der Waals surface area contributed by atoms with Gasteiger partial charge in [-0.2, -0.15) is 0 Å².